The van der Waals surface area contributed by atoms with Crippen molar-refractivity contribution in [3.8, 4) is 0 Å². The van der Waals surface area contributed by atoms with E-state index in [0.717, 1.165) is 18.5 Å². The second-order valence-corrected chi connectivity index (χ2v) is 7.11. The monoisotopic (exact) mass is 354 g/mol. The summed E-state index contributed by atoms with van der Waals surface area (Å²) >= 11 is 0. The van der Waals surface area contributed by atoms with Gasteiger partial charge in [-0.05, 0) is 31.4 Å². The Bertz CT molecular complexity index is 776. The summed E-state index contributed by atoms with van der Waals surface area (Å²) in [4.78, 5) is 24.4. The van der Waals surface area contributed by atoms with E-state index < -0.39 is 0 Å². The SMILES string of the molecule is Cc1cc(C(=O)NCC(=O)NCC2(c3ccccc3)CCCC2)n(C)n1. The Labute approximate surface area is 154 Å². The van der Waals surface area contributed by atoms with E-state index in [-0.39, 0.29) is 23.8 Å². The van der Waals surface area contributed by atoms with Crippen molar-refractivity contribution in [3.05, 3.63) is 53.3 Å². The van der Waals surface area contributed by atoms with E-state index in [4.69, 9.17) is 0 Å². The Hall–Kier alpha value is -2.63. The first-order valence-corrected chi connectivity index (χ1v) is 9.11. The molecule has 2 amide bonds. The molecule has 6 nitrogen and oxygen atoms in total. The van der Waals surface area contributed by atoms with E-state index in [1.54, 1.807) is 13.1 Å². The Balaban J connectivity index is 1.55. The minimum absolute atomic E-state index is 0.0140. The first-order valence-electron chi connectivity index (χ1n) is 9.11. The number of carbonyl (C=O) groups excluding carboxylic acids is 2. The molecule has 26 heavy (non-hydrogen) atoms. The molecule has 0 unspecified atom stereocenters. The number of nitrogens with zero attached hydrogens (tertiary/aromatic N) is 2. The summed E-state index contributed by atoms with van der Waals surface area (Å²) in [5.74, 6) is -0.457. The second kappa shape index (κ2) is 7.72. The summed E-state index contributed by atoms with van der Waals surface area (Å²) in [5.41, 5.74) is 2.52. The first-order chi connectivity index (χ1) is 12.5. The topological polar surface area (TPSA) is 76.0 Å². The lowest BCUT2D eigenvalue weighted by atomic mass is 9.79. The maximum absolute atomic E-state index is 12.3. The van der Waals surface area contributed by atoms with Crippen molar-refractivity contribution in [2.45, 2.75) is 38.0 Å². The van der Waals surface area contributed by atoms with E-state index in [1.165, 1.54) is 23.1 Å². The van der Waals surface area contributed by atoms with Crippen molar-refractivity contribution in [2.24, 2.45) is 7.05 Å². The van der Waals surface area contributed by atoms with Crippen molar-refractivity contribution in [1.29, 1.82) is 0 Å². The second-order valence-electron chi connectivity index (χ2n) is 7.11. The van der Waals surface area contributed by atoms with Gasteiger partial charge in [-0.15, -0.1) is 0 Å². The molecule has 1 fully saturated rings. The van der Waals surface area contributed by atoms with Crippen LogP contribution in [-0.4, -0.2) is 34.7 Å². The molecule has 2 N–H and O–H groups in total. The Morgan fingerprint density at radius 1 is 1.15 bits per heavy atom. The minimum Gasteiger partial charge on any atom is -0.354 e. The molecular weight excluding hydrogens is 328 g/mol. The van der Waals surface area contributed by atoms with Crippen LogP contribution < -0.4 is 10.6 Å². The summed E-state index contributed by atoms with van der Waals surface area (Å²) in [5, 5.41) is 9.83. The highest BCUT2D eigenvalue weighted by Crippen LogP contribution is 2.40. The van der Waals surface area contributed by atoms with Gasteiger partial charge in [0, 0.05) is 19.0 Å². The molecule has 1 aliphatic carbocycles. The Kier molecular flexibility index (Phi) is 5.40. The van der Waals surface area contributed by atoms with Crippen LogP contribution in [0.3, 0.4) is 0 Å². The van der Waals surface area contributed by atoms with Crippen LogP contribution in [0.2, 0.25) is 0 Å². The zero-order valence-electron chi connectivity index (χ0n) is 15.4. The molecular formula is C20H26N4O2. The molecule has 0 atom stereocenters. The molecule has 0 spiro atoms. The fourth-order valence-electron chi connectivity index (χ4n) is 3.82. The number of aryl methyl sites for hydroxylation is 2. The van der Waals surface area contributed by atoms with Crippen molar-refractivity contribution in [2.75, 3.05) is 13.1 Å². The maximum Gasteiger partial charge on any atom is 0.269 e. The molecule has 1 aromatic heterocycles. The predicted octanol–water partition coefficient (Wildman–Crippen LogP) is 2.09. The Morgan fingerprint density at radius 3 is 2.46 bits per heavy atom. The first kappa shape index (κ1) is 18.2. The lowest BCUT2D eigenvalue weighted by molar-refractivity contribution is -0.120. The molecule has 3 rings (SSSR count). The average Bonchev–Trinajstić information content (AvgIpc) is 3.26. The van der Waals surface area contributed by atoms with E-state index in [2.05, 4.69) is 27.9 Å². The van der Waals surface area contributed by atoms with Crippen LogP contribution in [0.5, 0.6) is 0 Å². The summed E-state index contributed by atoms with van der Waals surface area (Å²) < 4.78 is 1.52. The lowest BCUT2D eigenvalue weighted by Crippen LogP contribution is -2.43. The van der Waals surface area contributed by atoms with Crippen molar-refractivity contribution < 1.29 is 9.59 Å². The summed E-state index contributed by atoms with van der Waals surface area (Å²) in [7, 11) is 1.71. The highest BCUT2D eigenvalue weighted by Gasteiger charge is 2.35. The number of hydrogen-bond donors (Lipinski definition) is 2. The van der Waals surface area contributed by atoms with Gasteiger partial charge in [0.1, 0.15) is 5.69 Å². The number of carbonyl (C=O) groups is 2. The summed E-state index contributed by atoms with van der Waals surface area (Å²) in [6, 6.07) is 12.1. The number of nitrogens with one attached hydrogen (secondary N) is 2. The third-order valence-corrected chi connectivity index (χ3v) is 5.21. The van der Waals surface area contributed by atoms with E-state index in [9.17, 15) is 9.59 Å². The average molecular weight is 354 g/mol. The minimum atomic E-state index is -0.290. The fourth-order valence-corrected chi connectivity index (χ4v) is 3.82. The summed E-state index contributed by atoms with van der Waals surface area (Å²) in [6.45, 7) is 2.40. The highest BCUT2D eigenvalue weighted by atomic mass is 16.2. The van der Waals surface area contributed by atoms with Crippen molar-refractivity contribution in [1.82, 2.24) is 20.4 Å². The molecule has 1 aliphatic rings. The van der Waals surface area contributed by atoms with Gasteiger partial charge in [0.05, 0.1) is 12.2 Å². The van der Waals surface area contributed by atoms with Crippen LogP contribution in [0.25, 0.3) is 0 Å². The van der Waals surface area contributed by atoms with Gasteiger partial charge < -0.3 is 10.6 Å². The number of benzene rings is 1. The smallest absolute Gasteiger partial charge is 0.269 e. The summed E-state index contributed by atoms with van der Waals surface area (Å²) in [6.07, 6.45) is 4.53. The molecule has 0 radical (unpaired) electrons. The fraction of sp³-hybridized carbons (Fsp3) is 0.450. The van der Waals surface area contributed by atoms with Gasteiger partial charge in [-0.25, -0.2) is 0 Å². The standard InChI is InChI=1S/C20H26N4O2/c1-15-12-17(24(2)23-15)19(26)21-13-18(25)22-14-20(10-6-7-11-20)16-8-4-3-5-9-16/h3-5,8-9,12H,6-7,10-11,13-14H2,1-2H3,(H,21,26)(H,22,25). The largest absolute Gasteiger partial charge is 0.354 e. The molecule has 1 heterocycles. The van der Waals surface area contributed by atoms with E-state index >= 15 is 0 Å². The normalized spacial score (nSPS) is 15.6. The molecule has 0 aliphatic heterocycles. The van der Waals surface area contributed by atoms with E-state index in [1.807, 2.05) is 25.1 Å². The zero-order valence-corrected chi connectivity index (χ0v) is 15.4. The van der Waals surface area contributed by atoms with Crippen molar-refractivity contribution >= 4 is 11.8 Å². The van der Waals surface area contributed by atoms with Gasteiger partial charge in [-0.2, -0.15) is 5.10 Å². The van der Waals surface area contributed by atoms with Gasteiger partial charge in [0.15, 0.2) is 0 Å². The van der Waals surface area contributed by atoms with Gasteiger partial charge >= 0.3 is 0 Å². The van der Waals surface area contributed by atoms with Gasteiger partial charge in [0.2, 0.25) is 5.91 Å². The zero-order chi connectivity index (χ0) is 18.6. The van der Waals surface area contributed by atoms with Gasteiger partial charge in [0.25, 0.3) is 5.91 Å². The molecule has 6 heteroatoms. The number of amides is 2. The van der Waals surface area contributed by atoms with Crippen molar-refractivity contribution in [3.63, 3.8) is 0 Å². The molecule has 0 bridgehead atoms. The molecule has 0 saturated heterocycles. The number of aromatic nitrogens is 2. The number of rotatable bonds is 6. The highest BCUT2D eigenvalue weighted by molar-refractivity contribution is 5.95. The van der Waals surface area contributed by atoms with Gasteiger partial charge in [-0.1, -0.05) is 43.2 Å². The third kappa shape index (κ3) is 3.95. The molecule has 138 valence electrons. The molecule has 1 saturated carbocycles. The number of hydrogen-bond acceptors (Lipinski definition) is 3. The quantitative estimate of drug-likeness (QED) is 0.834. The van der Waals surface area contributed by atoms with Crippen LogP contribution in [-0.2, 0) is 17.3 Å². The predicted molar refractivity (Wildman–Crippen MR) is 99.9 cm³/mol. The maximum atomic E-state index is 12.3. The van der Waals surface area contributed by atoms with Crippen LogP contribution >= 0.6 is 0 Å². The van der Waals surface area contributed by atoms with Crippen LogP contribution in [0.1, 0.15) is 47.4 Å². The lowest BCUT2D eigenvalue weighted by Gasteiger charge is -2.30. The third-order valence-electron chi connectivity index (χ3n) is 5.21. The van der Waals surface area contributed by atoms with E-state index in [0.29, 0.717) is 12.2 Å². The van der Waals surface area contributed by atoms with Crippen LogP contribution in [0, 0.1) is 6.92 Å². The van der Waals surface area contributed by atoms with Crippen LogP contribution in [0.4, 0.5) is 0 Å². The molecule has 1 aromatic carbocycles. The van der Waals surface area contributed by atoms with Gasteiger partial charge in [-0.3, -0.25) is 14.3 Å². The Morgan fingerprint density at radius 2 is 1.85 bits per heavy atom. The van der Waals surface area contributed by atoms with Crippen LogP contribution in [0.15, 0.2) is 36.4 Å². The molecule has 2 aromatic rings.